The van der Waals surface area contributed by atoms with E-state index >= 15 is 0 Å². The molecule has 0 unspecified atom stereocenters. The van der Waals surface area contributed by atoms with E-state index in [2.05, 4.69) is 9.97 Å². The Hall–Kier alpha value is -3.42. The number of amides is 1. The molecule has 0 spiro atoms. The summed E-state index contributed by atoms with van der Waals surface area (Å²) in [6.45, 7) is 4.31. The van der Waals surface area contributed by atoms with E-state index in [9.17, 15) is 9.59 Å². The minimum Gasteiger partial charge on any atom is -0.465 e. The van der Waals surface area contributed by atoms with Gasteiger partial charge in [0.15, 0.2) is 0 Å². The van der Waals surface area contributed by atoms with Gasteiger partial charge in [-0.1, -0.05) is 13.8 Å². The van der Waals surface area contributed by atoms with Gasteiger partial charge in [0, 0.05) is 31.2 Å². The maximum atomic E-state index is 12.0. The number of fused-ring (bicyclic) bond motifs is 1. The fraction of sp³-hybridized carbons (Fsp3) is 0.300. The van der Waals surface area contributed by atoms with Crippen molar-refractivity contribution in [1.29, 1.82) is 0 Å². The van der Waals surface area contributed by atoms with Crippen LogP contribution in [0.25, 0.3) is 16.9 Å². The maximum absolute atomic E-state index is 12.0. The van der Waals surface area contributed by atoms with Gasteiger partial charge >= 0.3 is 12.1 Å². The second kappa shape index (κ2) is 8.08. The third-order valence-electron chi connectivity index (χ3n) is 4.07. The third kappa shape index (κ3) is 4.11. The van der Waals surface area contributed by atoms with Crippen molar-refractivity contribution >= 4 is 23.5 Å². The van der Waals surface area contributed by atoms with Crippen LogP contribution in [0.15, 0.2) is 42.9 Å². The van der Waals surface area contributed by atoms with Crippen molar-refractivity contribution in [3.8, 4) is 11.3 Å². The summed E-state index contributed by atoms with van der Waals surface area (Å²) in [5.41, 5.74) is 2.62. The zero-order valence-electron chi connectivity index (χ0n) is 16.2. The van der Waals surface area contributed by atoms with E-state index in [1.54, 1.807) is 48.2 Å². The summed E-state index contributed by atoms with van der Waals surface area (Å²) in [4.78, 5) is 33.9. The first-order chi connectivity index (χ1) is 13.4. The van der Waals surface area contributed by atoms with Crippen molar-refractivity contribution in [1.82, 2.24) is 14.4 Å². The number of anilines is 1. The summed E-state index contributed by atoms with van der Waals surface area (Å²) in [7, 11) is 2.96. The number of hydrogen-bond acceptors (Lipinski definition) is 6. The zero-order valence-corrected chi connectivity index (χ0v) is 16.2. The van der Waals surface area contributed by atoms with Gasteiger partial charge in [-0.3, -0.25) is 4.90 Å². The first kappa shape index (κ1) is 19.3. The van der Waals surface area contributed by atoms with Gasteiger partial charge in [0.05, 0.1) is 25.0 Å². The normalized spacial score (nSPS) is 10.9. The fourth-order valence-corrected chi connectivity index (χ4v) is 2.53. The van der Waals surface area contributed by atoms with Crippen LogP contribution in [0.3, 0.4) is 0 Å². The molecular weight excluding hydrogens is 360 g/mol. The number of nitrogens with zero attached hydrogens (tertiary/aromatic N) is 4. The molecule has 28 heavy (non-hydrogen) atoms. The smallest absolute Gasteiger partial charge is 0.415 e. The van der Waals surface area contributed by atoms with Crippen LogP contribution in [0.4, 0.5) is 10.6 Å². The molecule has 146 valence electrons. The third-order valence-corrected chi connectivity index (χ3v) is 4.07. The van der Waals surface area contributed by atoms with Crippen LogP contribution in [0.5, 0.6) is 0 Å². The Kier molecular flexibility index (Phi) is 5.58. The molecule has 0 radical (unpaired) electrons. The van der Waals surface area contributed by atoms with Gasteiger partial charge in [-0.05, 0) is 30.2 Å². The topological polar surface area (TPSA) is 86.0 Å². The Bertz CT molecular complexity index is 995. The molecule has 8 heteroatoms. The Balaban J connectivity index is 1.79. The van der Waals surface area contributed by atoms with Crippen molar-refractivity contribution in [2.75, 3.05) is 25.7 Å². The molecule has 8 nitrogen and oxygen atoms in total. The van der Waals surface area contributed by atoms with E-state index in [-0.39, 0.29) is 5.92 Å². The quantitative estimate of drug-likeness (QED) is 0.629. The number of pyridine rings is 2. The molecule has 0 bridgehead atoms. The van der Waals surface area contributed by atoms with Crippen LogP contribution in [0.1, 0.15) is 24.2 Å². The van der Waals surface area contributed by atoms with Gasteiger partial charge in [0.2, 0.25) is 0 Å². The molecule has 0 aliphatic rings. The van der Waals surface area contributed by atoms with Crippen LogP contribution < -0.4 is 4.90 Å². The van der Waals surface area contributed by atoms with E-state index < -0.39 is 12.1 Å². The number of methoxy groups -OCH3 is 1. The first-order valence-electron chi connectivity index (χ1n) is 8.83. The van der Waals surface area contributed by atoms with Crippen molar-refractivity contribution < 1.29 is 19.1 Å². The van der Waals surface area contributed by atoms with Crippen LogP contribution in [0, 0.1) is 5.92 Å². The first-order valence-corrected chi connectivity index (χ1v) is 8.83. The molecule has 3 heterocycles. The lowest BCUT2D eigenvalue weighted by atomic mass is 10.2. The van der Waals surface area contributed by atoms with Crippen LogP contribution in [-0.4, -0.2) is 47.2 Å². The number of hydrogen-bond donors (Lipinski definition) is 0. The van der Waals surface area contributed by atoms with Crippen molar-refractivity contribution in [2.45, 2.75) is 13.8 Å². The highest BCUT2D eigenvalue weighted by molar-refractivity contribution is 5.89. The van der Waals surface area contributed by atoms with Crippen LogP contribution in [-0.2, 0) is 9.47 Å². The summed E-state index contributed by atoms with van der Waals surface area (Å²) in [5, 5.41) is 0. The van der Waals surface area contributed by atoms with Gasteiger partial charge < -0.3 is 13.9 Å². The highest BCUT2D eigenvalue weighted by atomic mass is 16.6. The highest BCUT2D eigenvalue weighted by Gasteiger charge is 2.15. The number of carbonyl (C=O) groups excluding carboxylic acids is 2. The molecule has 0 N–H and O–H groups in total. The predicted octanol–water partition coefficient (Wildman–Crippen LogP) is 3.41. The minimum absolute atomic E-state index is 0.266. The lowest BCUT2D eigenvalue weighted by molar-refractivity contribution is 0.0600. The Morgan fingerprint density at radius 1 is 1.18 bits per heavy atom. The average Bonchev–Trinajstić information content (AvgIpc) is 3.14. The molecule has 1 amide bonds. The number of esters is 1. The van der Waals surface area contributed by atoms with E-state index in [0.717, 1.165) is 5.56 Å². The molecule has 0 aliphatic carbocycles. The minimum atomic E-state index is -0.447. The molecule has 0 atom stereocenters. The van der Waals surface area contributed by atoms with E-state index in [4.69, 9.17) is 9.47 Å². The molecular formula is C20H22N4O4. The predicted molar refractivity (Wildman–Crippen MR) is 104 cm³/mol. The molecule has 0 aliphatic heterocycles. The van der Waals surface area contributed by atoms with Gasteiger partial charge in [-0.25, -0.2) is 19.6 Å². The molecule has 0 aromatic carbocycles. The largest absolute Gasteiger partial charge is 0.465 e. The van der Waals surface area contributed by atoms with Gasteiger partial charge in [-0.2, -0.15) is 0 Å². The number of carbonyl (C=O) groups is 2. The molecule has 0 saturated carbocycles. The van der Waals surface area contributed by atoms with Crippen molar-refractivity contribution in [3.63, 3.8) is 0 Å². The SMILES string of the molecule is COC(=O)c1ccc2nc(-c3ccc(N(C)C(=O)OCC(C)C)nc3)cn2c1. The molecule has 0 saturated heterocycles. The number of aromatic nitrogens is 3. The monoisotopic (exact) mass is 382 g/mol. The summed E-state index contributed by atoms with van der Waals surface area (Å²) in [5.74, 6) is 0.340. The van der Waals surface area contributed by atoms with Gasteiger partial charge in [0.1, 0.15) is 11.5 Å². The Morgan fingerprint density at radius 3 is 2.61 bits per heavy atom. The van der Waals surface area contributed by atoms with E-state index in [1.165, 1.54) is 12.0 Å². The summed E-state index contributed by atoms with van der Waals surface area (Å²) in [6.07, 6.45) is 4.67. The zero-order chi connectivity index (χ0) is 20.3. The maximum Gasteiger partial charge on any atom is 0.415 e. The standard InChI is InChI=1S/C20H22N4O4/c1-13(2)12-28-20(26)23(3)17-7-5-14(9-21-17)16-11-24-10-15(19(25)27-4)6-8-18(24)22-16/h5-11,13H,12H2,1-4H3. The summed E-state index contributed by atoms with van der Waals surface area (Å²) < 4.78 is 11.7. The Morgan fingerprint density at radius 2 is 1.96 bits per heavy atom. The Labute approximate surface area is 162 Å². The van der Waals surface area contributed by atoms with E-state index in [1.807, 2.05) is 19.9 Å². The summed E-state index contributed by atoms with van der Waals surface area (Å²) >= 11 is 0. The fourth-order valence-electron chi connectivity index (χ4n) is 2.53. The molecule has 3 aromatic heterocycles. The lowest BCUT2D eigenvalue weighted by Gasteiger charge is -2.17. The van der Waals surface area contributed by atoms with Gasteiger partial charge in [-0.15, -0.1) is 0 Å². The van der Waals surface area contributed by atoms with Gasteiger partial charge in [0.25, 0.3) is 0 Å². The second-order valence-electron chi connectivity index (χ2n) is 6.74. The van der Waals surface area contributed by atoms with E-state index in [0.29, 0.717) is 29.3 Å². The van der Waals surface area contributed by atoms with Crippen molar-refractivity contribution in [2.24, 2.45) is 5.92 Å². The second-order valence-corrected chi connectivity index (χ2v) is 6.74. The van der Waals surface area contributed by atoms with Crippen molar-refractivity contribution in [3.05, 3.63) is 48.4 Å². The average molecular weight is 382 g/mol. The van der Waals surface area contributed by atoms with Crippen LogP contribution in [0.2, 0.25) is 0 Å². The molecule has 0 fully saturated rings. The molecule has 3 aromatic rings. The molecule has 3 rings (SSSR count). The highest BCUT2D eigenvalue weighted by Crippen LogP contribution is 2.21. The number of imidazole rings is 1. The lowest BCUT2D eigenvalue weighted by Crippen LogP contribution is -2.28. The number of ether oxygens (including phenoxy) is 2. The summed E-state index contributed by atoms with van der Waals surface area (Å²) in [6, 6.07) is 6.97. The number of rotatable bonds is 5. The van der Waals surface area contributed by atoms with Crippen LogP contribution >= 0.6 is 0 Å².